The van der Waals surface area contributed by atoms with Gasteiger partial charge < -0.3 is 4.74 Å². The lowest BCUT2D eigenvalue weighted by atomic mass is 10.0. The summed E-state index contributed by atoms with van der Waals surface area (Å²) in [6.45, 7) is 1.61. The molecule has 3 heterocycles. The van der Waals surface area contributed by atoms with Crippen molar-refractivity contribution >= 4 is 23.4 Å². The van der Waals surface area contributed by atoms with Gasteiger partial charge in [-0.15, -0.1) is 0 Å². The molecule has 8 heteroatoms. The first-order chi connectivity index (χ1) is 16.9. The Morgan fingerprint density at radius 2 is 1.57 bits per heavy atom. The second kappa shape index (κ2) is 8.98. The van der Waals surface area contributed by atoms with E-state index < -0.39 is 23.8 Å². The number of rotatable bonds is 6. The molecule has 0 spiro atoms. The molecule has 0 saturated carbocycles. The van der Waals surface area contributed by atoms with Crippen molar-refractivity contribution in [3.05, 3.63) is 117 Å². The number of benzene rings is 2. The average Bonchev–Trinajstić information content (AvgIpc) is 3.11. The molecule has 0 N–H and O–H groups in total. The minimum absolute atomic E-state index is 0.0954. The number of hydrogen-bond acceptors (Lipinski definition) is 6. The van der Waals surface area contributed by atoms with E-state index in [0.29, 0.717) is 5.65 Å². The van der Waals surface area contributed by atoms with Crippen molar-refractivity contribution < 1.29 is 19.1 Å². The number of hydrogen-bond donors (Lipinski definition) is 0. The van der Waals surface area contributed by atoms with Crippen LogP contribution in [0, 0.1) is 6.92 Å². The molecule has 1 aliphatic rings. The summed E-state index contributed by atoms with van der Waals surface area (Å²) >= 11 is 0. The van der Waals surface area contributed by atoms with Crippen LogP contribution in [0.2, 0.25) is 0 Å². The molecule has 0 aliphatic carbocycles. The number of ether oxygens (including phenoxy) is 1. The maximum absolute atomic E-state index is 13.3. The van der Waals surface area contributed by atoms with Gasteiger partial charge in [-0.25, -0.2) is 9.78 Å². The molecule has 0 bridgehead atoms. The molecule has 1 aliphatic heterocycles. The summed E-state index contributed by atoms with van der Waals surface area (Å²) in [5.74, 6) is -1.84. The highest BCUT2D eigenvalue weighted by molar-refractivity contribution is 6.22. The summed E-state index contributed by atoms with van der Waals surface area (Å²) in [5.41, 5.74) is 2.61. The Morgan fingerprint density at radius 3 is 2.26 bits per heavy atom. The van der Waals surface area contributed by atoms with E-state index in [1.807, 2.05) is 37.3 Å². The van der Waals surface area contributed by atoms with Crippen molar-refractivity contribution in [1.29, 1.82) is 0 Å². The van der Waals surface area contributed by atoms with Gasteiger partial charge >= 0.3 is 5.97 Å². The molecule has 1 unspecified atom stereocenters. The van der Waals surface area contributed by atoms with Gasteiger partial charge in [0.2, 0.25) is 0 Å². The van der Waals surface area contributed by atoms with Crippen LogP contribution in [0.1, 0.15) is 37.5 Å². The van der Waals surface area contributed by atoms with Crippen molar-refractivity contribution in [2.24, 2.45) is 0 Å². The van der Waals surface area contributed by atoms with Gasteiger partial charge in [-0.3, -0.25) is 23.7 Å². The van der Waals surface area contributed by atoms with Crippen molar-refractivity contribution in [2.45, 2.75) is 26.0 Å². The van der Waals surface area contributed by atoms with Crippen LogP contribution < -0.4 is 5.56 Å². The Morgan fingerprint density at radius 1 is 0.914 bits per heavy atom. The van der Waals surface area contributed by atoms with E-state index in [2.05, 4.69) is 4.98 Å². The van der Waals surface area contributed by atoms with Crippen LogP contribution in [-0.2, 0) is 22.6 Å². The summed E-state index contributed by atoms with van der Waals surface area (Å²) in [6, 6.07) is 19.2. The lowest BCUT2D eigenvalue weighted by molar-refractivity contribution is -0.149. The Balaban J connectivity index is 1.43. The third-order valence-corrected chi connectivity index (χ3v) is 5.92. The largest absolute Gasteiger partial charge is 0.458 e. The monoisotopic (exact) mass is 467 g/mol. The van der Waals surface area contributed by atoms with Crippen LogP contribution in [-0.4, -0.2) is 38.1 Å². The van der Waals surface area contributed by atoms with Crippen molar-refractivity contribution in [1.82, 2.24) is 14.3 Å². The standard InChI is InChI=1S/C27H21N3O5/c1-17-11-12-29-23(13-17)28-19(15-24(29)31)16-35-27(34)22(14-18-7-3-2-4-8-18)30-25(32)20-9-5-6-10-21(20)26(30)33/h2-13,15,22H,14,16H2,1H3. The maximum Gasteiger partial charge on any atom is 0.330 e. The van der Waals surface area contributed by atoms with Gasteiger partial charge in [0.15, 0.2) is 0 Å². The number of carbonyl (C=O) groups is 3. The Labute approximate surface area is 200 Å². The highest BCUT2D eigenvalue weighted by Crippen LogP contribution is 2.26. The fourth-order valence-electron chi connectivity index (χ4n) is 4.18. The number of pyridine rings is 1. The van der Waals surface area contributed by atoms with Gasteiger partial charge in [-0.1, -0.05) is 42.5 Å². The van der Waals surface area contributed by atoms with Crippen LogP contribution >= 0.6 is 0 Å². The summed E-state index contributed by atoms with van der Waals surface area (Å²) < 4.78 is 6.91. The molecule has 35 heavy (non-hydrogen) atoms. The minimum atomic E-state index is -1.17. The number of fused-ring (bicyclic) bond motifs is 2. The molecule has 2 aromatic heterocycles. The second-order valence-electron chi connectivity index (χ2n) is 8.36. The normalized spacial score (nSPS) is 13.7. The van der Waals surface area contributed by atoms with E-state index in [9.17, 15) is 19.2 Å². The third-order valence-electron chi connectivity index (χ3n) is 5.92. The van der Waals surface area contributed by atoms with Crippen LogP contribution in [0.5, 0.6) is 0 Å². The zero-order chi connectivity index (χ0) is 24.5. The predicted octanol–water partition coefficient (Wildman–Crippen LogP) is 2.95. The Hall–Kier alpha value is -4.59. The van der Waals surface area contributed by atoms with Crippen LogP contribution in [0.25, 0.3) is 5.65 Å². The van der Waals surface area contributed by atoms with Gasteiger partial charge in [0.05, 0.1) is 16.8 Å². The van der Waals surface area contributed by atoms with Gasteiger partial charge in [-0.2, -0.15) is 0 Å². The fourth-order valence-corrected chi connectivity index (χ4v) is 4.18. The number of carbonyl (C=O) groups excluding carboxylic acids is 3. The number of aryl methyl sites for hydroxylation is 1. The molecule has 0 saturated heterocycles. The van der Waals surface area contributed by atoms with Crippen molar-refractivity contribution in [3.8, 4) is 0 Å². The number of aromatic nitrogens is 2. The van der Waals surface area contributed by atoms with E-state index in [4.69, 9.17) is 4.74 Å². The predicted molar refractivity (Wildman–Crippen MR) is 127 cm³/mol. The molecular weight excluding hydrogens is 446 g/mol. The highest BCUT2D eigenvalue weighted by Gasteiger charge is 2.43. The highest BCUT2D eigenvalue weighted by atomic mass is 16.5. The topological polar surface area (TPSA) is 98.0 Å². The SMILES string of the molecule is Cc1ccn2c(=O)cc(COC(=O)C(Cc3ccccc3)N3C(=O)c4ccccc4C3=O)nc2c1. The summed E-state index contributed by atoms with van der Waals surface area (Å²) in [4.78, 5) is 57.2. The molecule has 2 amide bonds. The fraction of sp³-hybridized carbons (Fsp3) is 0.148. The Bertz CT molecular complexity index is 1490. The van der Waals surface area contributed by atoms with Crippen LogP contribution in [0.15, 0.2) is 83.8 Å². The molecule has 2 aromatic carbocycles. The zero-order valence-electron chi connectivity index (χ0n) is 18.9. The molecule has 0 fully saturated rings. The average molecular weight is 467 g/mol. The molecule has 1 atom stereocenters. The maximum atomic E-state index is 13.3. The van der Waals surface area contributed by atoms with E-state index in [0.717, 1.165) is 16.0 Å². The molecule has 4 aromatic rings. The van der Waals surface area contributed by atoms with Gasteiger partial charge in [-0.05, 0) is 42.3 Å². The van der Waals surface area contributed by atoms with E-state index in [1.54, 1.807) is 42.6 Å². The lowest BCUT2D eigenvalue weighted by Crippen LogP contribution is -2.47. The summed E-state index contributed by atoms with van der Waals surface area (Å²) in [7, 11) is 0. The quantitative estimate of drug-likeness (QED) is 0.319. The van der Waals surface area contributed by atoms with E-state index >= 15 is 0 Å². The number of imide groups is 1. The number of esters is 1. The Kier molecular flexibility index (Phi) is 5.70. The number of nitrogens with zero attached hydrogens (tertiary/aromatic N) is 3. The zero-order valence-corrected chi connectivity index (χ0v) is 18.9. The third kappa shape index (κ3) is 4.21. The molecule has 174 valence electrons. The van der Waals surface area contributed by atoms with Crippen molar-refractivity contribution in [2.75, 3.05) is 0 Å². The van der Waals surface area contributed by atoms with Crippen LogP contribution in [0.3, 0.4) is 0 Å². The lowest BCUT2D eigenvalue weighted by Gasteiger charge is -2.24. The molecular formula is C27H21N3O5. The van der Waals surface area contributed by atoms with E-state index in [1.165, 1.54) is 10.5 Å². The molecule has 8 nitrogen and oxygen atoms in total. The first kappa shape index (κ1) is 22.2. The smallest absolute Gasteiger partial charge is 0.330 e. The van der Waals surface area contributed by atoms with Crippen molar-refractivity contribution in [3.63, 3.8) is 0 Å². The molecule has 5 rings (SSSR count). The minimum Gasteiger partial charge on any atom is -0.458 e. The van der Waals surface area contributed by atoms with Crippen LogP contribution in [0.4, 0.5) is 0 Å². The van der Waals surface area contributed by atoms with E-state index in [-0.39, 0.29) is 35.4 Å². The van der Waals surface area contributed by atoms with Gasteiger partial charge in [0.1, 0.15) is 18.3 Å². The second-order valence-corrected chi connectivity index (χ2v) is 8.36. The summed E-state index contributed by atoms with van der Waals surface area (Å²) in [6.07, 6.45) is 1.73. The van der Waals surface area contributed by atoms with Gasteiger partial charge in [0, 0.05) is 18.7 Å². The molecule has 0 radical (unpaired) electrons. The number of amides is 2. The first-order valence-corrected chi connectivity index (χ1v) is 11.1. The first-order valence-electron chi connectivity index (χ1n) is 11.1. The summed E-state index contributed by atoms with van der Waals surface area (Å²) in [5, 5.41) is 0. The van der Waals surface area contributed by atoms with Gasteiger partial charge in [0.25, 0.3) is 17.4 Å².